The molecule has 0 saturated carbocycles. The molecule has 0 aliphatic heterocycles. The van der Waals surface area contributed by atoms with Gasteiger partial charge in [-0.1, -0.05) is 23.7 Å². The van der Waals surface area contributed by atoms with Crippen LogP contribution >= 0.6 is 34.2 Å². The van der Waals surface area contributed by atoms with Crippen molar-refractivity contribution in [2.45, 2.75) is 13.5 Å². The predicted molar refractivity (Wildman–Crippen MR) is 74.8 cm³/mol. The van der Waals surface area contributed by atoms with Crippen LogP contribution in [-0.2, 0) is 6.54 Å². The number of hydrogen-bond donors (Lipinski definition) is 1. The van der Waals surface area contributed by atoms with Gasteiger partial charge in [-0.25, -0.2) is 0 Å². The van der Waals surface area contributed by atoms with E-state index < -0.39 is 0 Å². The Kier molecular flexibility index (Phi) is 4.36. The highest BCUT2D eigenvalue weighted by Gasteiger charge is 2.09. The van der Waals surface area contributed by atoms with Crippen LogP contribution < -0.4 is 5.32 Å². The Morgan fingerprint density at radius 1 is 1.47 bits per heavy atom. The fourth-order valence-corrected chi connectivity index (χ4v) is 1.83. The van der Waals surface area contributed by atoms with Crippen molar-refractivity contribution in [3.05, 3.63) is 32.6 Å². The molecular formula is C11H11ClIN3O. The van der Waals surface area contributed by atoms with Gasteiger partial charge in [-0.2, -0.15) is 4.98 Å². The Balaban J connectivity index is 2.21. The maximum Gasteiger partial charge on any atom is 0.258 e. The zero-order valence-electron chi connectivity index (χ0n) is 9.20. The molecule has 17 heavy (non-hydrogen) atoms. The van der Waals surface area contributed by atoms with Gasteiger partial charge in [-0.3, -0.25) is 0 Å². The minimum atomic E-state index is 0.496. The third-order valence-electron chi connectivity index (χ3n) is 2.17. The fraction of sp³-hybridized carbons (Fsp3) is 0.273. The molecule has 0 aliphatic rings. The van der Waals surface area contributed by atoms with Crippen molar-refractivity contribution in [2.75, 3.05) is 6.54 Å². The van der Waals surface area contributed by atoms with E-state index in [2.05, 4.69) is 38.0 Å². The number of nitrogens with zero attached hydrogens (tertiary/aromatic N) is 2. The Morgan fingerprint density at radius 2 is 2.29 bits per heavy atom. The van der Waals surface area contributed by atoms with Crippen LogP contribution in [0.4, 0.5) is 0 Å². The molecule has 2 aromatic rings. The Labute approximate surface area is 118 Å². The van der Waals surface area contributed by atoms with E-state index in [4.69, 9.17) is 16.1 Å². The molecule has 0 amide bonds. The second kappa shape index (κ2) is 5.79. The van der Waals surface area contributed by atoms with Crippen LogP contribution in [0.25, 0.3) is 11.5 Å². The molecule has 0 unspecified atom stereocenters. The van der Waals surface area contributed by atoms with Gasteiger partial charge in [-0.05, 0) is 47.3 Å². The summed E-state index contributed by atoms with van der Waals surface area (Å²) in [5, 5.41) is 7.72. The van der Waals surface area contributed by atoms with Crippen LogP contribution in [0.1, 0.15) is 12.7 Å². The maximum atomic E-state index is 6.04. The zero-order valence-corrected chi connectivity index (χ0v) is 12.1. The van der Waals surface area contributed by atoms with Gasteiger partial charge in [0.05, 0.1) is 11.6 Å². The van der Waals surface area contributed by atoms with Gasteiger partial charge in [0.2, 0.25) is 0 Å². The molecule has 1 aromatic carbocycles. The van der Waals surface area contributed by atoms with Crippen LogP contribution in [0.3, 0.4) is 0 Å². The first kappa shape index (κ1) is 12.8. The molecule has 2 rings (SSSR count). The number of halogens is 2. The lowest BCUT2D eigenvalue weighted by atomic mass is 10.2. The second-order valence-corrected chi connectivity index (χ2v) is 4.99. The summed E-state index contributed by atoms with van der Waals surface area (Å²) in [4.78, 5) is 4.29. The van der Waals surface area contributed by atoms with Gasteiger partial charge in [0, 0.05) is 9.13 Å². The predicted octanol–water partition coefficient (Wildman–Crippen LogP) is 3.10. The Morgan fingerprint density at radius 3 is 3.00 bits per heavy atom. The average Bonchev–Trinajstić information content (AvgIpc) is 2.79. The van der Waals surface area contributed by atoms with Crippen molar-refractivity contribution in [3.63, 3.8) is 0 Å². The molecule has 4 nitrogen and oxygen atoms in total. The molecule has 90 valence electrons. The SMILES string of the molecule is CCNCc1noc(-c2ccc(I)c(Cl)c2)n1. The van der Waals surface area contributed by atoms with Crippen LogP contribution in [-0.4, -0.2) is 16.7 Å². The van der Waals surface area contributed by atoms with Gasteiger partial charge in [0.1, 0.15) is 0 Å². The van der Waals surface area contributed by atoms with E-state index in [0.29, 0.717) is 23.3 Å². The van der Waals surface area contributed by atoms with Crippen LogP contribution in [0, 0.1) is 3.57 Å². The first-order valence-corrected chi connectivity index (χ1v) is 6.65. The molecule has 0 fully saturated rings. The van der Waals surface area contributed by atoms with Gasteiger partial charge >= 0.3 is 0 Å². The quantitative estimate of drug-likeness (QED) is 0.848. The standard InChI is InChI=1S/C11H11ClIN3O/c1-2-14-6-10-15-11(17-16-10)7-3-4-9(13)8(12)5-7/h3-5,14H,2,6H2,1H3. The Bertz CT molecular complexity index is 515. The first-order chi connectivity index (χ1) is 8.20. The number of hydrogen-bond acceptors (Lipinski definition) is 4. The molecule has 0 radical (unpaired) electrons. The lowest BCUT2D eigenvalue weighted by Crippen LogP contribution is -2.12. The molecule has 1 heterocycles. The van der Waals surface area contributed by atoms with E-state index in [1.165, 1.54) is 0 Å². The van der Waals surface area contributed by atoms with Crippen molar-refractivity contribution in [1.29, 1.82) is 0 Å². The monoisotopic (exact) mass is 363 g/mol. The zero-order chi connectivity index (χ0) is 12.3. The molecule has 0 spiro atoms. The van der Waals surface area contributed by atoms with Crippen LogP contribution in [0.15, 0.2) is 22.7 Å². The normalized spacial score (nSPS) is 10.8. The Hall–Kier alpha value is -0.660. The van der Waals surface area contributed by atoms with Crippen molar-refractivity contribution in [1.82, 2.24) is 15.5 Å². The topological polar surface area (TPSA) is 51.0 Å². The van der Waals surface area contributed by atoms with E-state index in [-0.39, 0.29) is 0 Å². The largest absolute Gasteiger partial charge is 0.334 e. The molecule has 1 aromatic heterocycles. The summed E-state index contributed by atoms with van der Waals surface area (Å²) in [5.41, 5.74) is 0.839. The lowest BCUT2D eigenvalue weighted by molar-refractivity contribution is 0.420. The molecule has 1 N–H and O–H groups in total. The molecule has 0 saturated heterocycles. The van der Waals surface area contributed by atoms with Crippen LogP contribution in [0.5, 0.6) is 0 Å². The third kappa shape index (κ3) is 3.17. The lowest BCUT2D eigenvalue weighted by Gasteiger charge is -1.97. The molecular weight excluding hydrogens is 352 g/mol. The van der Waals surface area contributed by atoms with E-state index in [1.807, 2.05) is 25.1 Å². The fourth-order valence-electron chi connectivity index (χ4n) is 1.31. The second-order valence-electron chi connectivity index (χ2n) is 3.42. The highest BCUT2D eigenvalue weighted by atomic mass is 127. The number of aromatic nitrogens is 2. The highest BCUT2D eigenvalue weighted by molar-refractivity contribution is 14.1. The summed E-state index contributed by atoms with van der Waals surface area (Å²) < 4.78 is 6.18. The molecule has 0 bridgehead atoms. The summed E-state index contributed by atoms with van der Waals surface area (Å²) in [6, 6.07) is 5.67. The van der Waals surface area contributed by atoms with Crippen molar-refractivity contribution in [2.24, 2.45) is 0 Å². The maximum absolute atomic E-state index is 6.04. The summed E-state index contributed by atoms with van der Waals surface area (Å²) >= 11 is 8.22. The van der Waals surface area contributed by atoms with Gasteiger partial charge in [0.15, 0.2) is 5.82 Å². The summed E-state index contributed by atoms with van der Waals surface area (Å²) in [6.07, 6.45) is 0. The molecule has 6 heteroatoms. The minimum Gasteiger partial charge on any atom is -0.334 e. The van der Waals surface area contributed by atoms with Crippen molar-refractivity contribution < 1.29 is 4.52 Å². The van der Waals surface area contributed by atoms with Crippen molar-refractivity contribution in [3.8, 4) is 11.5 Å². The van der Waals surface area contributed by atoms with E-state index >= 15 is 0 Å². The first-order valence-electron chi connectivity index (χ1n) is 5.19. The van der Waals surface area contributed by atoms with Crippen molar-refractivity contribution >= 4 is 34.2 Å². The van der Waals surface area contributed by atoms with E-state index in [9.17, 15) is 0 Å². The molecule has 0 aliphatic carbocycles. The summed E-state index contributed by atoms with van der Waals surface area (Å²) in [6.45, 7) is 3.51. The van der Waals surface area contributed by atoms with Gasteiger partial charge in [-0.15, -0.1) is 0 Å². The van der Waals surface area contributed by atoms with E-state index in [1.54, 1.807) is 0 Å². The minimum absolute atomic E-state index is 0.496. The van der Waals surface area contributed by atoms with Crippen LogP contribution in [0.2, 0.25) is 5.02 Å². The van der Waals surface area contributed by atoms with Gasteiger partial charge in [0.25, 0.3) is 5.89 Å². The number of benzene rings is 1. The smallest absolute Gasteiger partial charge is 0.258 e. The summed E-state index contributed by atoms with van der Waals surface area (Å²) in [5.74, 6) is 1.15. The molecule has 0 atom stereocenters. The highest BCUT2D eigenvalue weighted by Crippen LogP contribution is 2.25. The number of rotatable bonds is 4. The van der Waals surface area contributed by atoms with Gasteiger partial charge < -0.3 is 9.84 Å². The third-order valence-corrected chi connectivity index (χ3v) is 3.74. The average molecular weight is 364 g/mol. The van der Waals surface area contributed by atoms with E-state index in [0.717, 1.165) is 15.7 Å². The number of nitrogens with one attached hydrogen (secondary N) is 1. The summed E-state index contributed by atoms with van der Waals surface area (Å²) in [7, 11) is 0.